The number of ether oxygens (including phenoxy) is 1. The highest BCUT2D eigenvalue weighted by molar-refractivity contribution is 6.51. The Hall–Kier alpha value is -4.46. The zero-order valence-electron chi connectivity index (χ0n) is 19.4. The number of nitrogens with one attached hydrogen (secondary N) is 1. The number of carbonyl (C=O) groups is 3. The molecule has 1 fully saturated rings. The van der Waals surface area contributed by atoms with Crippen molar-refractivity contribution in [1.29, 1.82) is 0 Å². The quantitative estimate of drug-likeness (QED) is 0.299. The van der Waals surface area contributed by atoms with Crippen molar-refractivity contribution in [2.24, 2.45) is 0 Å². The van der Waals surface area contributed by atoms with Crippen LogP contribution in [-0.4, -0.2) is 34.3 Å². The van der Waals surface area contributed by atoms with Crippen molar-refractivity contribution >= 4 is 34.7 Å². The molecule has 2 aromatic carbocycles. The molecule has 4 rings (SSSR count). The van der Waals surface area contributed by atoms with Gasteiger partial charge in [0.05, 0.1) is 18.2 Å². The molecular weight excluding hydrogens is 446 g/mol. The Morgan fingerprint density at radius 2 is 1.89 bits per heavy atom. The lowest BCUT2D eigenvalue weighted by atomic mass is 9.96. The lowest BCUT2D eigenvalue weighted by molar-refractivity contribution is -0.132. The minimum atomic E-state index is -0.910. The van der Waals surface area contributed by atoms with Crippen LogP contribution in [0.1, 0.15) is 37.4 Å². The van der Waals surface area contributed by atoms with Gasteiger partial charge >= 0.3 is 0 Å². The van der Waals surface area contributed by atoms with Gasteiger partial charge in [-0.2, -0.15) is 0 Å². The van der Waals surface area contributed by atoms with E-state index in [2.05, 4.69) is 10.3 Å². The molecule has 8 heteroatoms. The Morgan fingerprint density at radius 1 is 1.11 bits per heavy atom. The van der Waals surface area contributed by atoms with Gasteiger partial charge in [0.15, 0.2) is 0 Å². The van der Waals surface area contributed by atoms with Crippen LogP contribution in [0.4, 0.5) is 11.4 Å². The highest BCUT2D eigenvalue weighted by atomic mass is 16.5. The van der Waals surface area contributed by atoms with Crippen LogP contribution in [0.2, 0.25) is 0 Å². The third-order valence-corrected chi connectivity index (χ3v) is 5.49. The summed E-state index contributed by atoms with van der Waals surface area (Å²) in [4.78, 5) is 43.5. The summed E-state index contributed by atoms with van der Waals surface area (Å²) in [5, 5.41) is 13.9. The van der Waals surface area contributed by atoms with Crippen molar-refractivity contribution in [3.05, 3.63) is 89.8 Å². The number of nitrogens with zero attached hydrogens (tertiary/aromatic N) is 2. The van der Waals surface area contributed by atoms with Crippen LogP contribution >= 0.6 is 0 Å². The number of rotatable bonds is 7. The molecule has 2 amide bonds. The molecule has 0 saturated carbocycles. The van der Waals surface area contributed by atoms with E-state index in [0.717, 1.165) is 6.42 Å². The van der Waals surface area contributed by atoms with E-state index in [4.69, 9.17) is 4.74 Å². The average Bonchev–Trinajstić information content (AvgIpc) is 3.13. The molecule has 0 radical (unpaired) electrons. The number of aromatic nitrogens is 1. The number of aliphatic hydroxyl groups excluding tert-OH is 1. The Balaban J connectivity index is 1.82. The second kappa shape index (κ2) is 10.2. The van der Waals surface area contributed by atoms with Crippen LogP contribution < -0.4 is 15.0 Å². The maximum atomic E-state index is 13.2. The summed E-state index contributed by atoms with van der Waals surface area (Å²) in [5.74, 6) is -1.52. The fourth-order valence-corrected chi connectivity index (χ4v) is 3.97. The van der Waals surface area contributed by atoms with Crippen molar-refractivity contribution in [3.63, 3.8) is 0 Å². The molecule has 8 nitrogen and oxygen atoms in total. The second-order valence-electron chi connectivity index (χ2n) is 8.06. The van der Waals surface area contributed by atoms with Crippen LogP contribution in [0.25, 0.3) is 5.76 Å². The van der Waals surface area contributed by atoms with Crippen molar-refractivity contribution in [2.45, 2.75) is 26.3 Å². The number of hydrogen-bond donors (Lipinski definition) is 2. The molecule has 178 valence electrons. The van der Waals surface area contributed by atoms with E-state index < -0.39 is 17.7 Å². The predicted octanol–water partition coefficient (Wildman–Crippen LogP) is 4.46. The van der Waals surface area contributed by atoms with Crippen LogP contribution in [-0.2, 0) is 14.4 Å². The fraction of sp³-hybridized carbons (Fsp3) is 0.185. The second-order valence-corrected chi connectivity index (χ2v) is 8.06. The van der Waals surface area contributed by atoms with Crippen molar-refractivity contribution in [1.82, 2.24) is 4.98 Å². The number of amides is 2. The summed E-state index contributed by atoms with van der Waals surface area (Å²) in [6.07, 6.45) is 4.00. The number of hydrogen-bond acceptors (Lipinski definition) is 6. The summed E-state index contributed by atoms with van der Waals surface area (Å²) in [5.41, 5.74) is 1.77. The van der Waals surface area contributed by atoms with Gasteiger partial charge in [0.1, 0.15) is 11.5 Å². The smallest absolute Gasteiger partial charge is 0.300 e. The summed E-state index contributed by atoms with van der Waals surface area (Å²) >= 11 is 0. The summed E-state index contributed by atoms with van der Waals surface area (Å²) in [7, 11) is 0. The summed E-state index contributed by atoms with van der Waals surface area (Å²) in [6, 6.07) is 15.9. The Labute approximate surface area is 202 Å². The van der Waals surface area contributed by atoms with Gasteiger partial charge in [-0.1, -0.05) is 19.1 Å². The zero-order chi connectivity index (χ0) is 24.9. The topological polar surface area (TPSA) is 109 Å². The van der Waals surface area contributed by atoms with Crippen molar-refractivity contribution in [2.75, 3.05) is 16.8 Å². The molecule has 3 aromatic rings. The van der Waals surface area contributed by atoms with Crippen LogP contribution in [0.3, 0.4) is 0 Å². The highest BCUT2D eigenvalue weighted by Crippen LogP contribution is 2.42. The SMILES string of the molecule is CCCOc1ccc(/C(O)=C2\C(=O)C(=O)N(c3cccc(NC(C)=O)c3)C2c2cccnc2)cc1. The molecule has 2 heterocycles. The Bertz CT molecular complexity index is 1290. The molecule has 35 heavy (non-hydrogen) atoms. The van der Waals surface area contributed by atoms with E-state index in [1.54, 1.807) is 73.1 Å². The van der Waals surface area contributed by atoms with Gasteiger partial charge < -0.3 is 15.2 Å². The van der Waals surface area contributed by atoms with Gasteiger partial charge in [0.25, 0.3) is 11.7 Å². The number of anilines is 2. The van der Waals surface area contributed by atoms with Crippen LogP contribution in [0, 0.1) is 0 Å². The normalized spacial score (nSPS) is 16.9. The lowest BCUT2D eigenvalue weighted by Gasteiger charge is -2.25. The largest absolute Gasteiger partial charge is 0.507 e. The molecule has 0 spiro atoms. The Morgan fingerprint density at radius 3 is 2.54 bits per heavy atom. The van der Waals surface area contributed by atoms with Gasteiger partial charge in [-0.3, -0.25) is 24.3 Å². The molecule has 1 aliphatic heterocycles. The molecule has 1 saturated heterocycles. The van der Waals surface area contributed by atoms with E-state index >= 15 is 0 Å². The standard InChI is InChI=1S/C27H25N3O5/c1-3-14-35-22-11-9-18(10-12-22)25(32)23-24(19-6-5-13-28-16-19)30(27(34)26(23)33)21-8-4-7-20(15-21)29-17(2)31/h4-13,15-16,24,32H,3,14H2,1-2H3,(H,29,31)/b25-23+. The maximum absolute atomic E-state index is 13.2. The highest BCUT2D eigenvalue weighted by Gasteiger charge is 2.47. The molecule has 2 N–H and O–H groups in total. The predicted molar refractivity (Wildman–Crippen MR) is 132 cm³/mol. The van der Waals surface area contributed by atoms with Crippen molar-refractivity contribution in [3.8, 4) is 5.75 Å². The molecule has 1 unspecified atom stereocenters. The van der Waals surface area contributed by atoms with Crippen molar-refractivity contribution < 1.29 is 24.2 Å². The third kappa shape index (κ3) is 4.91. The van der Waals surface area contributed by atoms with E-state index in [9.17, 15) is 19.5 Å². The van der Waals surface area contributed by atoms with Crippen LogP contribution in [0.15, 0.2) is 78.6 Å². The van der Waals surface area contributed by atoms with Gasteiger partial charge in [0.2, 0.25) is 5.91 Å². The molecule has 0 bridgehead atoms. The summed E-state index contributed by atoms with van der Waals surface area (Å²) < 4.78 is 5.59. The Kier molecular flexibility index (Phi) is 6.91. The average molecular weight is 472 g/mol. The number of carbonyl (C=O) groups excluding carboxylic acids is 3. The van der Waals surface area contributed by atoms with E-state index in [-0.39, 0.29) is 17.2 Å². The summed E-state index contributed by atoms with van der Waals surface area (Å²) in [6.45, 7) is 3.95. The van der Waals surface area contributed by atoms with Gasteiger partial charge in [-0.05, 0) is 60.5 Å². The maximum Gasteiger partial charge on any atom is 0.300 e. The van der Waals surface area contributed by atoms with E-state index in [1.807, 2.05) is 6.92 Å². The van der Waals surface area contributed by atoms with E-state index in [1.165, 1.54) is 11.8 Å². The number of ketones is 1. The number of benzene rings is 2. The first-order valence-electron chi connectivity index (χ1n) is 11.2. The monoisotopic (exact) mass is 471 g/mol. The number of Topliss-reactive ketones (excluding diaryl/α,β-unsaturated/α-hetero) is 1. The molecule has 1 aromatic heterocycles. The number of pyridine rings is 1. The number of aliphatic hydroxyl groups is 1. The molecule has 1 aliphatic rings. The van der Waals surface area contributed by atoms with Gasteiger partial charge in [-0.15, -0.1) is 0 Å². The fourth-order valence-electron chi connectivity index (χ4n) is 3.97. The minimum Gasteiger partial charge on any atom is -0.507 e. The third-order valence-electron chi connectivity index (χ3n) is 5.49. The zero-order valence-corrected chi connectivity index (χ0v) is 19.4. The first-order chi connectivity index (χ1) is 16.9. The van der Waals surface area contributed by atoms with Gasteiger partial charge in [-0.25, -0.2) is 0 Å². The van der Waals surface area contributed by atoms with E-state index in [0.29, 0.717) is 34.9 Å². The first kappa shape index (κ1) is 23.7. The lowest BCUT2D eigenvalue weighted by Crippen LogP contribution is -2.29. The molecular formula is C27H25N3O5. The first-order valence-corrected chi connectivity index (χ1v) is 11.2. The van der Waals surface area contributed by atoms with Gasteiger partial charge in [0, 0.05) is 36.3 Å². The molecule has 1 atom stereocenters. The molecule has 0 aliphatic carbocycles. The van der Waals surface area contributed by atoms with Crippen LogP contribution in [0.5, 0.6) is 5.75 Å². The minimum absolute atomic E-state index is 0.0462.